The summed E-state index contributed by atoms with van der Waals surface area (Å²) in [5.74, 6) is -4.24. The summed E-state index contributed by atoms with van der Waals surface area (Å²) in [5.41, 5.74) is -3.83. The van der Waals surface area contributed by atoms with Gasteiger partial charge in [0.2, 0.25) is 0 Å². The van der Waals surface area contributed by atoms with Gasteiger partial charge in [-0.1, -0.05) is 59.1 Å². The highest BCUT2D eigenvalue weighted by atomic mass is 35.5. The summed E-state index contributed by atoms with van der Waals surface area (Å²) in [6.45, 7) is 0. The molecule has 0 bridgehead atoms. The van der Waals surface area contributed by atoms with E-state index >= 15 is 0 Å². The van der Waals surface area contributed by atoms with Crippen LogP contribution in [0.15, 0.2) is 36.4 Å². The predicted octanol–water partition coefficient (Wildman–Crippen LogP) is 7.72. The van der Waals surface area contributed by atoms with E-state index in [-0.39, 0.29) is 15.1 Å². The van der Waals surface area contributed by atoms with Crippen molar-refractivity contribution in [1.29, 1.82) is 0 Å². The van der Waals surface area contributed by atoms with Gasteiger partial charge in [-0.2, -0.15) is 26.3 Å². The summed E-state index contributed by atoms with van der Waals surface area (Å²) in [7, 11) is 0. The van der Waals surface area contributed by atoms with E-state index in [4.69, 9.17) is 39.9 Å². The van der Waals surface area contributed by atoms with Gasteiger partial charge in [0.1, 0.15) is 0 Å². The number of carbonyl (C=O) groups is 1. The van der Waals surface area contributed by atoms with Crippen molar-refractivity contribution >= 4 is 46.8 Å². The molecule has 0 aromatic heterocycles. The number of carboxylic acids is 1. The number of hydrogen-bond donors (Lipinski definition) is 1. The molecule has 0 heterocycles. The Labute approximate surface area is 175 Å². The van der Waals surface area contributed by atoms with E-state index < -0.39 is 46.5 Å². The number of hydrogen-bond acceptors (Lipinski definition) is 1. The van der Waals surface area contributed by atoms with Crippen molar-refractivity contribution in [3.8, 4) is 0 Å². The molecule has 0 saturated carbocycles. The van der Waals surface area contributed by atoms with Crippen LogP contribution in [-0.4, -0.2) is 17.3 Å². The van der Waals surface area contributed by atoms with Crippen LogP contribution in [0.5, 0.6) is 0 Å². The maximum atomic E-state index is 13.5. The average Bonchev–Trinajstić information content (AvgIpc) is 2.57. The monoisotopic (exact) mass is 476 g/mol. The smallest absolute Gasteiger partial charge is 0.417 e. The highest BCUT2D eigenvalue weighted by Crippen LogP contribution is 2.42. The lowest BCUT2D eigenvalue weighted by molar-refractivity contribution is -0.139. The second kappa shape index (κ2) is 8.45. The number of halogens is 9. The molecule has 0 aliphatic rings. The third-order valence-electron chi connectivity index (χ3n) is 3.80. The third kappa shape index (κ3) is 5.38. The number of allylic oxidation sites excluding steroid dienone is 1. The summed E-state index contributed by atoms with van der Waals surface area (Å²) in [4.78, 5) is 11.1. The van der Waals surface area contributed by atoms with Gasteiger partial charge in [-0.15, -0.1) is 0 Å². The first-order valence-corrected chi connectivity index (χ1v) is 8.69. The quantitative estimate of drug-likeness (QED) is 0.361. The zero-order valence-electron chi connectivity index (χ0n) is 13.9. The van der Waals surface area contributed by atoms with E-state index in [2.05, 4.69) is 0 Å². The maximum Gasteiger partial charge on any atom is 0.417 e. The lowest BCUT2D eigenvalue weighted by Crippen LogP contribution is -2.19. The Morgan fingerprint density at radius 1 is 1.00 bits per heavy atom. The molecule has 0 saturated heterocycles. The molecule has 2 aromatic carbocycles. The fraction of sp³-hybridized carbons (Fsp3) is 0.167. The summed E-state index contributed by atoms with van der Waals surface area (Å²) >= 11 is 17.2. The Morgan fingerprint density at radius 3 is 2.00 bits per heavy atom. The van der Waals surface area contributed by atoms with Gasteiger partial charge in [-0.3, -0.25) is 0 Å². The Hall–Kier alpha value is -1.90. The minimum Gasteiger partial charge on any atom is -0.478 e. The van der Waals surface area contributed by atoms with E-state index in [1.54, 1.807) is 0 Å². The van der Waals surface area contributed by atoms with E-state index in [0.717, 1.165) is 24.3 Å². The Morgan fingerprint density at radius 2 is 1.55 bits per heavy atom. The molecule has 0 spiro atoms. The van der Waals surface area contributed by atoms with Crippen LogP contribution in [0.2, 0.25) is 15.1 Å². The number of carboxylic acid groups (broad SMARTS) is 1. The molecular formula is C18H9Cl3F6O2. The van der Waals surface area contributed by atoms with Crippen LogP contribution in [0.25, 0.3) is 6.08 Å². The second-order valence-corrected chi connectivity index (χ2v) is 6.94. The molecule has 1 atom stereocenters. The van der Waals surface area contributed by atoms with Gasteiger partial charge in [0.15, 0.2) is 0 Å². The molecule has 0 aliphatic heterocycles. The normalized spacial score (nSPS) is 13.7. The van der Waals surface area contributed by atoms with E-state index in [9.17, 15) is 31.1 Å². The van der Waals surface area contributed by atoms with Crippen molar-refractivity contribution in [2.75, 3.05) is 0 Å². The summed E-state index contributed by atoms with van der Waals surface area (Å²) < 4.78 is 80.6. The standard InChI is InChI=1S/C18H9Cl3F6O2/c19-12-6-9(7-13(20)15(12)21)11(17(22,23)24)5-4-8-2-1-3-10(16(28)29)14(8)18(25,26)27/h1-7,11H,(H,28,29). The first-order valence-electron chi connectivity index (χ1n) is 7.56. The molecular weight excluding hydrogens is 469 g/mol. The van der Waals surface area contributed by atoms with Gasteiger partial charge in [-0.25, -0.2) is 4.79 Å². The molecule has 2 nitrogen and oxygen atoms in total. The predicted molar refractivity (Wildman–Crippen MR) is 97.7 cm³/mol. The average molecular weight is 478 g/mol. The topological polar surface area (TPSA) is 37.3 Å². The molecule has 0 amide bonds. The van der Waals surface area contributed by atoms with Crippen LogP contribution in [0, 0.1) is 0 Å². The molecule has 11 heteroatoms. The van der Waals surface area contributed by atoms with Gasteiger partial charge in [0.25, 0.3) is 0 Å². The lowest BCUT2D eigenvalue weighted by Gasteiger charge is -2.19. The van der Waals surface area contributed by atoms with Gasteiger partial charge in [0.05, 0.1) is 32.1 Å². The van der Waals surface area contributed by atoms with Crippen molar-refractivity contribution < 1.29 is 36.2 Å². The Bertz CT molecular complexity index is 944. The number of rotatable bonds is 4. The summed E-state index contributed by atoms with van der Waals surface area (Å²) in [5, 5.41) is 8.28. The zero-order valence-corrected chi connectivity index (χ0v) is 16.1. The van der Waals surface area contributed by atoms with Crippen molar-refractivity contribution in [2.45, 2.75) is 18.3 Å². The van der Waals surface area contributed by atoms with E-state index in [1.165, 1.54) is 0 Å². The molecule has 1 unspecified atom stereocenters. The molecule has 2 rings (SSSR count). The Kier molecular flexibility index (Phi) is 6.82. The van der Waals surface area contributed by atoms with Gasteiger partial charge >= 0.3 is 18.3 Å². The van der Waals surface area contributed by atoms with E-state index in [1.807, 2.05) is 0 Å². The van der Waals surface area contributed by atoms with Crippen LogP contribution in [-0.2, 0) is 6.18 Å². The Balaban J connectivity index is 2.63. The van der Waals surface area contributed by atoms with Gasteiger partial charge in [0, 0.05) is 0 Å². The molecule has 0 radical (unpaired) electrons. The van der Waals surface area contributed by atoms with Crippen molar-refractivity contribution in [3.05, 3.63) is 73.7 Å². The highest BCUT2D eigenvalue weighted by molar-refractivity contribution is 6.48. The second-order valence-electron chi connectivity index (χ2n) is 5.75. The molecule has 29 heavy (non-hydrogen) atoms. The summed E-state index contributed by atoms with van der Waals surface area (Å²) in [6, 6.07) is 4.37. The van der Waals surface area contributed by atoms with Crippen LogP contribution < -0.4 is 0 Å². The van der Waals surface area contributed by atoms with Crippen molar-refractivity contribution in [2.24, 2.45) is 0 Å². The largest absolute Gasteiger partial charge is 0.478 e. The van der Waals surface area contributed by atoms with Crippen LogP contribution in [0.4, 0.5) is 26.3 Å². The van der Waals surface area contributed by atoms with Gasteiger partial charge in [-0.05, 0) is 29.3 Å². The maximum absolute atomic E-state index is 13.5. The minimum atomic E-state index is -5.10. The van der Waals surface area contributed by atoms with Crippen molar-refractivity contribution in [1.82, 2.24) is 0 Å². The zero-order chi connectivity index (χ0) is 22.1. The first-order chi connectivity index (χ1) is 13.2. The van der Waals surface area contributed by atoms with Crippen molar-refractivity contribution in [3.63, 3.8) is 0 Å². The van der Waals surface area contributed by atoms with Crippen LogP contribution >= 0.6 is 34.8 Å². The number of benzene rings is 2. The van der Waals surface area contributed by atoms with Gasteiger partial charge < -0.3 is 5.11 Å². The highest BCUT2D eigenvalue weighted by Gasteiger charge is 2.40. The molecule has 0 aliphatic carbocycles. The minimum absolute atomic E-state index is 0.171. The van der Waals surface area contributed by atoms with E-state index in [0.29, 0.717) is 18.2 Å². The number of aromatic carboxylic acids is 1. The summed E-state index contributed by atoms with van der Waals surface area (Å²) in [6.07, 6.45) is -8.98. The van der Waals surface area contributed by atoms with Crippen LogP contribution in [0.3, 0.4) is 0 Å². The molecule has 0 fully saturated rings. The SMILES string of the molecule is O=C(O)c1cccc(C=CC(c2cc(Cl)c(Cl)c(Cl)c2)C(F)(F)F)c1C(F)(F)F. The fourth-order valence-electron chi connectivity index (χ4n) is 2.57. The fourth-order valence-corrected chi connectivity index (χ4v) is 3.18. The first kappa shape index (κ1) is 23.4. The molecule has 1 N–H and O–H groups in total. The molecule has 156 valence electrons. The lowest BCUT2D eigenvalue weighted by atomic mass is 9.94. The number of alkyl halides is 6. The molecule has 2 aromatic rings. The third-order valence-corrected chi connectivity index (χ3v) is 4.99. The van der Waals surface area contributed by atoms with Crippen LogP contribution in [0.1, 0.15) is 33.0 Å².